The van der Waals surface area contributed by atoms with E-state index in [2.05, 4.69) is 14.8 Å². The molecule has 2 heterocycles. The van der Waals surface area contributed by atoms with Gasteiger partial charge in [-0.15, -0.1) is 0 Å². The molecule has 1 fully saturated rings. The summed E-state index contributed by atoms with van der Waals surface area (Å²) in [5.74, 6) is -0.306. The molecule has 0 bridgehead atoms. The van der Waals surface area contributed by atoms with Crippen LogP contribution in [0.5, 0.6) is 0 Å². The average molecular weight is 412 g/mol. The van der Waals surface area contributed by atoms with Crippen molar-refractivity contribution in [3.63, 3.8) is 0 Å². The summed E-state index contributed by atoms with van der Waals surface area (Å²) < 4.78 is 39.7. The number of aromatic nitrogens is 2. The van der Waals surface area contributed by atoms with Crippen molar-refractivity contribution in [3.8, 4) is 0 Å². The smallest absolute Gasteiger partial charge is 0.368 e. The molecule has 1 aromatic heterocycles. The zero-order chi connectivity index (χ0) is 20.5. The summed E-state index contributed by atoms with van der Waals surface area (Å²) in [6.45, 7) is 10.2. The van der Waals surface area contributed by atoms with Gasteiger partial charge in [0.15, 0.2) is 11.4 Å². The Kier molecular flexibility index (Phi) is 5.52. The van der Waals surface area contributed by atoms with Crippen LogP contribution in [-0.4, -0.2) is 46.8 Å². The first-order chi connectivity index (χ1) is 13.2. The third-order valence-electron chi connectivity index (χ3n) is 4.66. The quantitative estimate of drug-likeness (QED) is 0.722. The van der Waals surface area contributed by atoms with Crippen LogP contribution in [0.15, 0.2) is 24.3 Å². The molecule has 28 heavy (non-hydrogen) atoms. The second kappa shape index (κ2) is 7.72. The van der Waals surface area contributed by atoms with Gasteiger partial charge in [0.05, 0.1) is 17.3 Å². The van der Waals surface area contributed by atoms with Gasteiger partial charge >= 0.3 is 6.18 Å². The number of hydrogen-bond donors (Lipinski definition) is 0. The molecule has 0 spiro atoms. The first-order valence-corrected chi connectivity index (χ1v) is 8.89. The van der Waals surface area contributed by atoms with E-state index in [1.165, 1.54) is 6.92 Å². The van der Waals surface area contributed by atoms with Crippen LogP contribution >= 0.6 is 11.6 Å². The van der Waals surface area contributed by atoms with Crippen molar-refractivity contribution >= 4 is 28.9 Å². The highest BCUT2D eigenvalue weighted by Gasteiger charge is 2.38. The molecule has 1 aliphatic heterocycles. The second-order valence-corrected chi connectivity index (χ2v) is 6.78. The van der Waals surface area contributed by atoms with Gasteiger partial charge in [0.2, 0.25) is 5.91 Å². The van der Waals surface area contributed by atoms with Gasteiger partial charge in [-0.05, 0) is 19.1 Å². The molecule has 0 unspecified atom stereocenters. The van der Waals surface area contributed by atoms with Crippen LogP contribution in [0.2, 0.25) is 5.02 Å². The molecule has 1 aromatic carbocycles. The highest BCUT2D eigenvalue weighted by molar-refractivity contribution is 6.32. The maximum atomic E-state index is 12.9. The number of halogens is 4. The third kappa shape index (κ3) is 4.07. The van der Waals surface area contributed by atoms with Crippen molar-refractivity contribution in [2.45, 2.75) is 19.6 Å². The molecule has 0 N–H and O–H groups in total. The van der Waals surface area contributed by atoms with Gasteiger partial charge in [-0.2, -0.15) is 18.3 Å². The van der Waals surface area contributed by atoms with Crippen molar-refractivity contribution in [3.05, 3.63) is 52.1 Å². The lowest BCUT2D eigenvalue weighted by Crippen LogP contribution is -2.49. The van der Waals surface area contributed by atoms with Gasteiger partial charge < -0.3 is 9.80 Å². The topological polar surface area (TPSA) is 45.7 Å². The van der Waals surface area contributed by atoms with Crippen LogP contribution in [-0.2, 0) is 17.5 Å². The van der Waals surface area contributed by atoms with Crippen molar-refractivity contribution in [2.24, 2.45) is 0 Å². The van der Waals surface area contributed by atoms with Gasteiger partial charge in [0.1, 0.15) is 6.54 Å². The molecule has 0 radical (unpaired) electrons. The van der Waals surface area contributed by atoms with Gasteiger partial charge in [0.25, 0.3) is 0 Å². The van der Waals surface area contributed by atoms with E-state index >= 15 is 0 Å². The minimum atomic E-state index is -4.66. The summed E-state index contributed by atoms with van der Waals surface area (Å²) in [6, 6.07) is 7.20. The van der Waals surface area contributed by atoms with Crippen molar-refractivity contribution in [1.29, 1.82) is 0 Å². The molecule has 148 valence electrons. The fourth-order valence-electron chi connectivity index (χ4n) is 3.04. The van der Waals surface area contributed by atoms with Crippen molar-refractivity contribution in [2.75, 3.05) is 31.1 Å². The number of rotatable bonds is 3. The standard InChI is InChI=1S/C18H17ClF3N5O/c1-12-16(19)17(18(20,21)22)24-27(12)11-15(28)26-9-7-25(8-10-26)14-5-3-13(23-2)4-6-14/h3-6H,7-11H2,1H3. The Morgan fingerprint density at radius 2 is 1.82 bits per heavy atom. The van der Waals surface area contributed by atoms with Crippen LogP contribution in [0.3, 0.4) is 0 Å². The summed E-state index contributed by atoms with van der Waals surface area (Å²) in [5.41, 5.74) is 0.459. The number of carbonyl (C=O) groups excluding carboxylic acids is 1. The van der Waals surface area contributed by atoms with E-state index in [4.69, 9.17) is 18.2 Å². The summed E-state index contributed by atoms with van der Waals surface area (Å²) in [5, 5.41) is 2.99. The summed E-state index contributed by atoms with van der Waals surface area (Å²) >= 11 is 5.72. The van der Waals surface area contributed by atoms with Crippen LogP contribution in [0, 0.1) is 13.5 Å². The Hall–Kier alpha value is -2.73. The number of nitrogens with zero attached hydrogens (tertiary/aromatic N) is 5. The molecule has 10 heteroatoms. The minimum absolute atomic E-state index is 0.112. The lowest BCUT2D eigenvalue weighted by molar-refractivity contribution is -0.142. The number of amides is 1. The molecule has 1 saturated heterocycles. The molecule has 3 rings (SSSR count). The van der Waals surface area contributed by atoms with Gasteiger partial charge in [-0.3, -0.25) is 9.48 Å². The molecule has 2 aromatic rings. The SMILES string of the molecule is [C-]#[N+]c1ccc(N2CCN(C(=O)Cn3nc(C(F)(F)F)c(Cl)c3C)CC2)cc1. The monoisotopic (exact) mass is 411 g/mol. The van der Waals surface area contributed by atoms with Gasteiger partial charge in [-0.1, -0.05) is 23.7 Å². The number of alkyl halides is 3. The maximum absolute atomic E-state index is 12.9. The molecule has 0 aliphatic carbocycles. The fourth-order valence-corrected chi connectivity index (χ4v) is 3.28. The molecule has 1 aliphatic rings. The molecular weight excluding hydrogens is 395 g/mol. The zero-order valence-electron chi connectivity index (χ0n) is 15.0. The first kappa shape index (κ1) is 20.0. The molecule has 0 atom stereocenters. The van der Waals surface area contributed by atoms with E-state index in [0.717, 1.165) is 10.4 Å². The number of hydrogen-bond acceptors (Lipinski definition) is 3. The Morgan fingerprint density at radius 1 is 1.21 bits per heavy atom. The van der Waals surface area contributed by atoms with E-state index in [9.17, 15) is 18.0 Å². The minimum Gasteiger partial charge on any atom is -0.368 e. The van der Waals surface area contributed by atoms with Crippen LogP contribution in [0.25, 0.3) is 4.85 Å². The third-order valence-corrected chi connectivity index (χ3v) is 5.12. The predicted octanol–water partition coefficient (Wildman–Crippen LogP) is 3.76. The normalized spacial score (nSPS) is 14.9. The predicted molar refractivity (Wildman–Crippen MR) is 98.5 cm³/mol. The lowest BCUT2D eigenvalue weighted by atomic mass is 10.2. The molecule has 1 amide bonds. The second-order valence-electron chi connectivity index (χ2n) is 6.40. The molecule has 6 nitrogen and oxygen atoms in total. The van der Waals surface area contributed by atoms with Crippen LogP contribution in [0.1, 0.15) is 11.4 Å². The van der Waals surface area contributed by atoms with E-state index in [1.54, 1.807) is 17.0 Å². The van der Waals surface area contributed by atoms with Crippen LogP contribution < -0.4 is 4.90 Å². The van der Waals surface area contributed by atoms with Crippen molar-refractivity contribution < 1.29 is 18.0 Å². The Labute approximate surface area is 164 Å². The first-order valence-electron chi connectivity index (χ1n) is 8.51. The Balaban J connectivity index is 1.62. The fraction of sp³-hybridized carbons (Fsp3) is 0.389. The summed E-state index contributed by atoms with van der Waals surface area (Å²) in [6.07, 6.45) is -4.66. The molecule has 0 saturated carbocycles. The Bertz CT molecular complexity index is 909. The average Bonchev–Trinajstić information content (AvgIpc) is 2.97. The van der Waals surface area contributed by atoms with Crippen LogP contribution in [0.4, 0.5) is 24.5 Å². The summed E-state index contributed by atoms with van der Waals surface area (Å²) in [4.78, 5) is 19.6. The van der Waals surface area contributed by atoms with E-state index in [1.807, 2.05) is 12.1 Å². The van der Waals surface area contributed by atoms with E-state index in [-0.39, 0.29) is 18.1 Å². The van der Waals surface area contributed by atoms with Gasteiger partial charge in [-0.25, -0.2) is 4.85 Å². The number of anilines is 1. The highest BCUT2D eigenvalue weighted by Crippen LogP contribution is 2.35. The maximum Gasteiger partial charge on any atom is 0.436 e. The Morgan fingerprint density at radius 3 is 2.32 bits per heavy atom. The number of carbonyl (C=O) groups is 1. The zero-order valence-corrected chi connectivity index (χ0v) is 15.8. The highest BCUT2D eigenvalue weighted by atomic mass is 35.5. The number of piperazine rings is 1. The van der Waals surface area contributed by atoms with Crippen molar-refractivity contribution in [1.82, 2.24) is 14.7 Å². The summed E-state index contributed by atoms with van der Waals surface area (Å²) in [7, 11) is 0. The molecular formula is C18H17ClF3N5O. The lowest BCUT2D eigenvalue weighted by Gasteiger charge is -2.36. The van der Waals surface area contributed by atoms with Gasteiger partial charge in [0, 0.05) is 31.9 Å². The largest absolute Gasteiger partial charge is 0.436 e. The van der Waals surface area contributed by atoms with E-state index in [0.29, 0.717) is 31.9 Å². The number of benzene rings is 1. The van der Waals surface area contributed by atoms with E-state index < -0.39 is 16.9 Å².